The monoisotopic (exact) mass is 246 g/mol. The summed E-state index contributed by atoms with van der Waals surface area (Å²) in [5.41, 5.74) is 7.60. The third kappa shape index (κ3) is 2.91. The van der Waals surface area contributed by atoms with Crippen LogP contribution in [0.15, 0.2) is 30.3 Å². The fourth-order valence-corrected chi connectivity index (χ4v) is 3.16. The van der Waals surface area contributed by atoms with Crippen molar-refractivity contribution < 1.29 is 4.74 Å². The highest BCUT2D eigenvalue weighted by Crippen LogP contribution is 2.26. The summed E-state index contributed by atoms with van der Waals surface area (Å²) < 4.78 is 5.84. The molecule has 3 heteroatoms. The number of rotatable bonds is 4. The summed E-state index contributed by atoms with van der Waals surface area (Å²) in [4.78, 5) is 2.49. The normalized spacial score (nSPS) is 29.4. The number of ether oxygens (including phenoxy) is 1. The van der Waals surface area contributed by atoms with Gasteiger partial charge in [-0.05, 0) is 24.8 Å². The van der Waals surface area contributed by atoms with Gasteiger partial charge >= 0.3 is 0 Å². The minimum atomic E-state index is 0.227. The van der Waals surface area contributed by atoms with E-state index < -0.39 is 0 Å². The van der Waals surface area contributed by atoms with E-state index in [9.17, 15) is 0 Å². The molecule has 2 aliphatic heterocycles. The first kappa shape index (κ1) is 12.2. The van der Waals surface area contributed by atoms with Gasteiger partial charge in [0.2, 0.25) is 0 Å². The van der Waals surface area contributed by atoms with E-state index in [1.54, 1.807) is 0 Å². The fourth-order valence-electron chi connectivity index (χ4n) is 3.16. The summed E-state index contributed by atoms with van der Waals surface area (Å²) in [5.74, 6) is 0. The lowest BCUT2D eigenvalue weighted by Gasteiger charge is -2.33. The number of morpholine rings is 1. The lowest BCUT2D eigenvalue weighted by atomic mass is 10.1. The number of likely N-dealkylation sites (tertiary alicyclic amines) is 1. The summed E-state index contributed by atoms with van der Waals surface area (Å²) >= 11 is 0. The summed E-state index contributed by atoms with van der Waals surface area (Å²) in [6, 6.07) is 10.7. The molecule has 0 aliphatic carbocycles. The standard InChI is InChI=1S/C15H22N2O/c16-13(8-12-4-2-1-3-5-12)9-17-10-14-6-7-15(11-17)18-14/h1-5,13-15H,6-11,16H2. The van der Waals surface area contributed by atoms with Gasteiger partial charge in [0, 0.05) is 25.7 Å². The second-order valence-corrected chi connectivity index (χ2v) is 5.63. The smallest absolute Gasteiger partial charge is 0.0707 e. The molecule has 98 valence electrons. The molecule has 0 aromatic heterocycles. The average Bonchev–Trinajstić information content (AvgIpc) is 2.70. The van der Waals surface area contributed by atoms with E-state index in [1.165, 1.54) is 18.4 Å². The highest BCUT2D eigenvalue weighted by molar-refractivity contribution is 5.15. The van der Waals surface area contributed by atoms with Crippen LogP contribution in [0.4, 0.5) is 0 Å². The van der Waals surface area contributed by atoms with Crippen LogP contribution >= 0.6 is 0 Å². The van der Waals surface area contributed by atoms with Crippen LogP contribution in [0.5, 0.6) is 0 Å². The second kappa shape index (κ2) is 5.39. The molecule has 0 spiro atoms. The summed E-state index contributed by atoms with van der Waals surface area (Å²) in [5, 5.41) is 0. The van der Waals surface area contributed by atoms with Gasteiger partial charge in [0.15, 0.2) is 0 Å². The molecule has 0 saturated carbocycles. The molecule has 3 nitrogen and oxygen atoms in total. The lowest BCUT2D eigenvalue weighted by molar-refractivity contribution is -0.0396. The second-order valence-electron chi connectivity index (χ2n) is 5.63. The van der Waals surface area contributed by atoms with E-state index in [-0.39, 0.29) is 6.04 Å². The first-order valence-electron chi connectivity index (χ1n) is 6.97. The lowest BCUT2D eigenvalue weighted by Crippen LogP contribution is -2.48. The van der Waals surface area contributed by atoms with Gasteiger partial charge < -0.3 is 10.5 Å². The number of benzene rings is 1. The molecule has 0 radical (unpaired) electrons. The van der Waals surface area contributed by atoms with E-state index in [2.05, 4.69) is 35.2 Å². The van der Waals surface area contributed by atoms with Crippen LogP contribution in [-0.2, 0) is 11.2 Å². The zero-order chi connectivity index (χ0) is 12.4. The highest BCUT2D eigenvalue weighted by Gasteiger charge is 2.33. The van der Waals surface area contributed by atoms with E-state index in [0.717, 1.165) is 26.1 Å². The molecular formula is C15H22N2O. The van der Waals surface area contributed by atoms with E-state index in [0.29, 0.717) is 12.2 Å². The minimum Gasteiger partial charge on any atom is -0.372 e. The molecule has 1 aromatic rings. The Bertz CT molecular complexity index is 369. The van der Waals surface area contributed by atoms with E-state index in [1.807, 2.05) is 0 Å². The van der Waals surface area contributed by atoms with Gasteiger partial charge in [-0.2, -0.15) is 0 Å². The number of nitrogens with two attached hydrogens (primary N) is 1. The third-order valence-corrected chi connectivity index (χ3v) is 3.95. The van der Waals surface area contributed by atoms with Crippen LogP contribution in [0.3, 0.4) is 0 Å². The molecule has 3 rings (SSSR count). The molecule has 3 unspecified atom stereocenters. The number of hydrogen-bond donors (Lipinski definition) is 1. The molecule has 18 heavy (non-hydrogen) atoms. The van der Waals surface area contributed by atoms with Crippen molar-refractivity contribution in [2.75, 3.05) is 19.6 Å². The maximum atomic E-state index is 6.27. The Morgan fingerprint density at radius 2 is 1.83 bits per heavy atom. The van der Waals surface area contributed by atoms with Crippen LogP contribution < -0.4 is 5.73 Å². The first-order valence-corrected chi connectivity index (χ1v) is 6.97. The topological polar surface area (TPSA) is 38.5 Å². The Hall–Kier alpha value is -0.900. The van der Waals surface area contributed by atoms with E-state index >= 15 is 0 Å². The van der Waals surface area contributed by atoms with Crippen molar-refractivity contribution in [2.24, 2.45) is 5.73 Å². The minimum absolute atomic E-state index is 0.227. The van der Waals surface area contributed by atoms with Gasteiger partial charge in [-0.15, -0.1) is 0 Å². The number of nitrogens with zero attached hydrogens (tertiary/aromatic N) is 1. The predicted octanol–water partition coefficient (Wildman–Crippen LogP) is 1.42. The van der Waals surface area contributed by atoms with Crippen molar-refractivity contribution >= 4 is 0 Å². The zero-order valence-corrected chi connectivity index (χ0v) is 10.8. The molecule has 2 bridgehead atoms. The summed E-state index contributed by atoms with van der Waals surface area (Å²) in [7, 11) is 0. The third-order valence-electron chi connectivity index (χ3n) is 3.95. The Morgan fingerprint density at radius 3 is 2.50 bits per heavy atom. The molecule has 2 N–H and O–H groups in total. The van der Waals surface area contributed by atoms with Gasteiger partial charge in [-0.1, -0.05) is 30.3 Å². The Kier molecular flexibility index (Phi) is 3.64. The van der Waals surface area contributed by atoms with Crippen molar-refractivity contribution in [3.05, 3.63) is 35.9 Å². The van der Waals surface area contributed by atoms with Crippen molar-refractivity contribution in [1.82, 2.24) is 4.90 Å². The SMILES string of the molecule is NC(Cc1ccccc1)CN1CC2CCC(C1)O2. The van der Waals surface area contributed by atoms with Crippen LogP contribution in [0, 0.1) is 0 Å². The molecule has 2 saturated heterocycles. The van der Waals surface area contributed by atoms with Crippen LogP contribution in [0.25, 0.3) is 0 Å². The van der Waals surface area contributed by atoms with Crippen LogP contribution in [-0.4, -0.2) is 42.8 Å². The van der Waals surface area contributed by atoms with Gasteiger partial charge in [0.05, 0.1) is 12.2 Å². The number of fused-ring (bicyclic) bond motifs is 2. The van der Waals surface area contributed by atoms with Crippen molar-refractivity contribution in [2.45, 2.75) is 37.5 Å². The van der Waals surface area contributed by atoms with Gasteiger partial charge in [-0.3, -0.25) is 4.90 Å². The van der Waals surface area contributed by atoms with Crippen LogP contribution in [0.1, 0.15) is 18.4 Å². The molecule has 0 amide bonds. The number of hydrogen-bond acceptors (Lipinski definition) is 3. The summed E-state index contributed by atoms with van der Waals surface area (Å²) in [6.07, 6.45) is 4.36. The van der Waals surface area contributed by atoms with Crippen LogP contribution in [0.2, 0.25) is 0 Å². The molecule has 2 aliphatic rings. The van der Waals surface area contributed by atoms with Crippen molar-refractivity contribution in [1.29, 1.82) is 0 Å². The Balaban J connectivity index is 1.50. The van der Waals surface area contributed by atoms with E-state index in [4.69, 9.17) is 10.5 Å². The van der Waals surface area contributed by atoms with Crippen molar-refractivity contribution in [3.8, 4) is 0 Å². The summed E-state index contributed by atoms with van der Waals surface area (Å²) in [6.45, 7) is 3.13. The molecule has 2 fully saturated rings. The first-order chi connectivity index (χ1) is 8.79. The largest absolute Gasteiger partial charge is 0.372 e. The molecular weight excluding hydrogens is 224 g/mol. The Labute approximate surface area is 109 Å². The molecule has 1 aromatic carbocycles. The molecule has 2 heterocycles. The fraction of sp³-hybridized carbons (Fsp3) is 0.600. The highest BCUT2D eigenvalue weighted by atomic mass is 16.5. The predicted molar refractivity (Wildman–Crippen MR) is 72.5 cm³/mol. The maximum absolute atomic E-state index is 6.27. The average molecular weight is 246 g/mol. The van der Waals surface area contributed by atoms with Gasteiger partial charge in [0.1, 0.15) is 0 Å². The molecule has 3 atom stereocenters. The Morgan fingerprint density at radius 1 is 1.17 bits per heavy atom. The maximum Gasteiger partial charge on any atom is 0.0707 e. The van der Waals surface area contributed by atoms with Gasteiger partial charge in [0.25, 0.3) is 0 Å². The van der Waals surface area contributed by atoms with Crippen molar-refractivity contribution in [3.63, 3.8) is 0 Å². The zero-order valence-electron chi connectivity index (χ0n) is 10.8. The van der Waals surface area contributed by atoms with Gasteiger partial charge in [-0.25, -0.2) is 0 Å². The quantitative estimate of drug-likeness (QED) is 0.873.